The van der Waals surface area contributed by atoms with Crippen molar-refractivity contribution in [1.29, 1.82) is 0 Å². The summed E-state index contributed by atoms with van der Waals surface area (Å²) in [6.45, 7) is 2.42. The first kappa shape index (κ1) is 30.4. The molecule has 1 unspecified atom stereocenters. The van der Waals surface area contributed by atoms with E-state index in [1.807, 2.05) is 0 Å². The van der Waals surface area contributed by atoms with E-state index in [-0.39, 0.29) is 0 Å². The monoisotopic (exact) mass is 440 g/mol. The van der Waals surface area contributed by atoms with Crippen LogP contribution in [-0.2, 0) is 4.79 Å². The Bertz CT molecular complexity index is 356. The smallest absolute Gasteiger partial charge is 0.303 e. The zero-order chi connectivity index (χ0) is 22.8. The van der Waals surface area contributed by atoms with E-state index in [4.69, 9.17) is 10.2 Å². The Kier molecular flexibility index (Phi) is 25.2. The Hall–Kier alpha value is -0.570. The van der Waals surface area contributed by atoms with Gasteiger partial charge in [-0.25, -0.2) is 0 Å². The van der Waals surface area contributed by atoms with E-state index in [0.717, 1.165) is 12.8 Å². The highest BCUT2D eigenvalue weighted by Crippen LogP contribution is 2.17. The number of unbranched alkanes of at least 4 members (excludes halogenated alkanes) is 21. The Morgan fingerprint density at radius 1 is 0.516 bits per heavy atom. The third kappa shape index (κ3) is 27.4. The molecule has 0 rings (SSSR count). The fourth-order valence-corrected chi connectivity index (χ4v) is 4.54. The van der Waals surface area contributed by atoms with Gasteiger partial charge in [-0.3, -0.25) is 4.79 Å². The average molecular weight is 441 g/mol. The summed E-state index contributed by atoms with van der Waals surface area (Å²) in [5, 5.41) is 17.5. The summed E-state index contributed by atoms with van der Waals surface area (Å²) in [6.07, 6.45) is 31.3. The SMILES string of the molecule is CC(CCCCCCCCCCCCCCCCCCCCCCCCO)CC(=O)O. The second kappa shape index (κ2) is 25.7. The molecule has 0 aliphatic carbocycles. The molecule has 2 N–H and O–H groups in total. The number of hydrogen-bond donors (Lipinski definition) is 2. The van der Waals surface area contributed by atoms with Crippen LogP contribution in [0.2, 0.25) is 0 Å². The van der Waals surface area contributed by atoms with Crippen molar-refractivity contribution in [3.63, 3.8) is 0 Å². The van der Waals surface area contributed by atoms with Crippen molar-refractivity contribution in [3.8, 4) is 0 Å². The first-order chi connectivity index (χ1) is 15.2. The molecule has 0 fully saturated rings. The number of hydrogen-bond acceptors (Lipinski definition) is 2. The molecule has 0 aliphatic heterocycles. The van der Waals surface area contributed by atoms with Gasteiger partial charge in [-0.05, 0) is 12.3 Å². The minimum atomic E-state index is -0.656. The van der Waals surface area contributed by atoms with Gasteiger partial charge in [-0.15, -0.1) is 0 Å². The molecule has 186 valence electrons. The highest BCUT2D eigenvalue weighted by atomic mass is 16.4. The second-order valence-corrected chi connectivity index (χ2v) is 9.99. The maximum atomic E-state index is 10.6. The highest BCUT2D eigenvalue weighted by molar-refractivity contribution is 5.66. The normalized spacial score (nSPS) is 12.3. The predicted molar refractivity (Wildman–Crippen MR) is 135 cm³/mol. The molecular weight excluding hydrogens is 384 g/mol. The van der Waals surface area contributed by atoms with Crippen LogP contribution < -0.4 is 0 Å². The van der Waals surface area contributed by atoms with Crippen LogP contribution in [0.5, 0.6) is 0 Å². The van der Waals surface area contributed by atoms with Gasteiger partial charge >= 0.3 is 5.97 Å². The lowest BCUT2D eigenvalue weighted by Gasteiger charge is -2.08. The Morgan fingerprint density at radius 3 is 1.03 bits per heavy atom. The number of carboxylic acid groups (broad SMARTS) is 1. The van der Waals surface area contributed by atoms with Crippen LogP contribution in [0.25, 0.3) is 0 Å². The van der Waals surface area contributed by atoms with Crippen LogP contribution in [0.1, 0.15) is 161 Å². The molecule has 0 aromatic carbocycles. The summed E-state index contributed by atoms with van der Waals surface area (Å²) in [7, 11) is 0. The van der Waals surface area contributed by atoms with E-state index in [0.29, 0.717) is 18.9 Å². The third-order valence-electron chi connectivity index (χ3n) is 6.63. The zero-order valence-electron chi connectivity index (χ0n) is 21.1. The number of rotatable bonds is 26. The van der Waals surface area contributed by atoms with E-state index in [1.54, 1.807) is 0 Å². The molecule has 3 nitrogen and oxygen atoms in total. The second-order valence-electron chi connectivity index (χ2n) is 9.99. The van der Waals surface area contributed by atoms with Crippen LogP contribution in [0.15, 0.2) is 0 Å². The molecule has 0 amide bonds. The fourth-order valence-electron chi connectivity index (χ4n) is 4.54. The van der Waals surface area contributed by atoms with Crippen LogP contribution in [0.3, 0.4) is 0 Å². The van der Waals surface area contributed by atoms with Gasteiger partial charge in [0.15, 0.2) is 0 Å². The van der Waals surface area contributed by atoms with E-state index < -0.39 is 5.97 Å². The molecule has 0 heterocycles. The lowest BCUT2D eigenvalue weighted by molar-refractivity contribution is -0.138. The Balaban J connectivity index is 3.06. The molecule has 1 atom stereocenters. The van der Waals surface area contributed by atoms with Crippen molar-refractivity contribution < 1.29 is 15.0 Å². The Morgan fingerprint density at radius 2 is 0.774 bits per heavy atom. The summed E-state index contributed by atoms with van der Waals surface area (Å²) >= 11 is 0. The quantitative estimate of drug-likeness (QED) is 0.132. The minimum Gasteiger partial charge on any atom is -0.481 e. The predicted octanol–water partition coefficient (Wildman–Crippen LogP) is 9.06. The van der Waals surface area contributed by atoms with Gasteiger partial charge in [-0.1, -0.05) is 148 Å². The van der Waals surface area contributed by atoms with Crippen LogP contribution in [-0.4, -0.2) is 22.8 Å². The van der Waals surface area contributed by atoms with Gasteiger partial charge in [0.25, 0.3) is 0 Å². The van der Waals surface area contributed by atoms with Crippen LogP contribution >= 0.6 is 0 Å². The number of aliphatic carboxylic acids is 1. The summed E-state index contributed by atoms with van der Waals surface area (Å²) in [5.41, 5.74) is 0. The van der Waals surface area contributed by atoms with Crippen molar-refractivity contribution in [2.75, 3.05) is 6.61 Å². The van der Waals surface area contributed by atoms with Crippen molar-refractivity contribution in [2.45, 2.75) is 161 Å². The molecule has 31 heavy (non-hydrogen) atoms. The molecule has 0 saturated carbocycles. The van der Waals surface area contributed by atoms with Gasteiger partial charge in [-0.2, -0.15) is 0 Å². The highest BCUT2D eigenvalue weighted by Gasteiger charge is 2.06. The minimum absolute atomic E-state index is 0.327. The van der Waals surface area contributed by atoms with E-state index in [2.05, 4.69) is 6.92 Å². The van der Waals surface area contributed by atoms with Gasteiger partial charge in [0.1, 0.15) is 0 Å². The van der Waals surface area contributed by atoms with Crippen molar-refractivity contribution >= 4 is 5.97 Å². The maximum Gasteiger partial charge on any atom is 0.303 e. The molecule has 0 aromatic heterocycles. The summed E-state index contributed by atoms with van der Waals surface area (Å²) in [5.74, 6) is -0.322. The lowest BCUT2D eigenvalue weighted by atomic mass is 9.99. The maximum absolute atomic E-state index is 10.6. The van der Waals surface area contributed by atoms with Crippen molar-refractivity contribution in [3.05, 3.63) is 0 Å². The van der Waals surface area contributed by atoms with Gasteiger partial charge in [0.05, 0.1) is 0 Å². The number of aliphatic hydroxyl groups is 1. The van der Waals surface area contributed by atoms with E-state index in [9.17, 15) is 4.79 Å². The summed E-state index contributed by atoms with van der Waals surface area (Å²) in [4.78, 5) is 10.6. The largest absolute Gasteiger partial charge is 0.481 e. The zero-order valence-corrected chi connectivity index (χ0v) is 21.1. The standard InChI is InChI=1S/C28H56O3/c1-27(26-28(30)31)24-22-20-18-16-14-12-10-8-6-4-2-3-5-7-9-11-13-15-17-19-21-23-25-29/h27,29H,2-26H2,1H3,(H,30,31). The van der Waals surface area contributed by atoms with Crippen molar-refractivity contribution in [1.82, 2.24) is 0 Å². The Labute approximate surface area is 194 Å². The molecule has 0 bridgehead atoms. The van der Waals surface area contributed by atoms with E-state index in [1.165, 1.54) is 135 Å². The van der Waals surface area contributed by atoms with E-state index >= 15 is 0 Å². The molecule has 0 radical (unpaired) electrons. The molecular formula is C28H56O3. The van der Waals surface area contributed by atoms with Crippen LogP contribution in [0, 0.1) is 5.92 Å². The molecule has 0 spiro atoms. The fraction of sp³-hybridized carbons (Fsp3) is 0.964. The molecule has 3 heteroatoms. The summed E-state index contributed by atoms with van der Waals surface area (Å²) < 4.78 is 0. The summed E-state index contributed by atoms with van der Waals surface area (Å²) in [6, 6.07) is 0. The van der Waals surface area contributed by atoms with Gasteiger partial charge in [0.2, 0.25) is 0 Å². The molecule has 0 aliphatic rings. The van der Waals surface area contributed by atoms with Gasteiger partial charge < -0.3 is 10.2 Å². The first-order valence-corrected chi connectivity index (χ1v) is 14.0. The molecule has 0 aromatic rings. The topological polar surface area (TPSA) is 57.5 Å². The first-order valence-electron chi connectivity index (χ1n) is 14.0. The number of aliphatic hydroxyl groups excluding tert-OH is 1. The van der Waals surface area contributed by atoms with Crippen LogP contribution in [0.4, 0.5) is 0 Å². The van der Waals surface area contributed by atoms with Gasteiger partial charge in [0, 0.05) is 13.0 Å². The third-order valence-corrected chi connectivity index (χ3v) is 6.63. The van der Waals surface area contributed by atoms with Crippen molar-refractivity contribution in [2.24, 2.45) is 5.92 Å². The average Bonchev–Trinajstić information content (AvgIpc) is 2.73. The number of carbonyl (C=O) groups is 1. The molecule has 0 saturated heterocycles. The number of carboxylic acids is 1. The lowest BCUT2D eigenvalue weighted by Crippen LogP contribution is -2.03.